The van der Waals surface area contributed by atoms with Crippen molar-refractivity contribution >= 4 is 23.1 Å². The van der Waals surface area contributed by atoms with Gasteiger partial charge < -0.3 is 14.7 Å². The molecule has 1 aliphatic rings. The third-order valence-corrected chi connectivity index (χ3v) is 5.02. The molecular weight excluding hydrogens is 380 g/mol. The molecule has 0 radical (unpaired) electrons. The number of hydrogen-bond donors (Lipinski definition) is 1. The highest BCUT2D eigenvalue weighted by Crippen LogP contribution is 2.42. The minimum Gasteiger partial charge on any atom is -0.503 e. The van der Waals surface area contributed by atoms with E-state index in [1.165, 1.54) is 4.90 Å². The zero-order valence-electron chi connectivity index (χ0n) is 18.0. The summed E-state index contributed by atoms with van der Waals surface area (Å²) in [4.78, 5) is 29.2. The van der Waals surface area contributed by atoms with Crippen molar-refractivity contribution < 1.29 is 19.4 Å². The highest BCUT2D eigenvalue weighted by Gasteiger charge is 2.43. The molecule has 30 heavy (non-hydrogen) atoms. The highest BCUT2D eigenvalue weighted by atomic mass is 16.5. The number of rotatable bonds is 7. The highest BCUT2D eigenvalue weighted by molar-refractivity contribution is 6.16. The van der Waals surface area contributed by atoms with Gasteiger partial charge in [-0.3, -0.25) is 14.5 Å². The summed E-state index contributed by atoms with van der Waals surface area (Å²) in [6, 6.07) is 14.0. The second-order valence-electron chi connectivity index (χ2n) is 7.77. The lowest BCUT2D eigenvalue weighted by molar-refractivity contribution is -0.118. The van der Waals surface area contributed by atoms with Crippen LogP contribution in [-0.4, -0.2) is 37.0 Å². The number of carbonyl (C=O) groups excluding carboxylic acids is 2. The first kappa shape index (κ1) is 21.4. The third-order valence-electron chi connectivity index (χ3n) is 5.02. The lowest BCUT2D eigenvalue weighted by Gasteiger charge is -2.28. The number of aliphatic hydroxyl groups excluding tert-OH is 1. The maximum atomic E-state index is 13.0. The second kappa shape index (κ2) is 8.61. The summed E-state index contributed by atoms with van der Waals surface area (Å²) in [5.74, 6) is -0.677. The van der Waals surface area contributed by atoms with Crippen LogP contribution in [0.4, 0.5) is 11.4 Å². The first-order valence-corrected chi connectivity index (χ1v) is 10.1. The zero-order valence-corrected chi connectivity index (χ0v) is 18.0. The number of aliphatic hydroxyl groups is 1. The van der Waals surface area contributed by atoms with Gasteiger partial charge in [-0.15, -0.1) is 0 Å². The molecule has 0 saturated heterocycles. The summed E-state index contributed by atoms with van der Waals surface area (Å²) in [6.07, 6.45) is 0.180. The summed E-state index contributed by atoms with van der Waals surface area (Å²) < 4.78 is 5.80. The maximum absolute atomic E-state index is 13.0. The van der Waals surface area contributed by atoms with Crippen molar-refractivity contribution in [1.82, 2.24) is 0 Å². The molecule has 0 aromatic heterocycles. The molecule has 0 aliphatic carbocycles. The number of amides is 1. The molecule has 0 fully saturated rings. The molecule has 1 unspecified atom stereocenters. The number of ketones is 1. The van der Waals surface area contributed by atoms with Gasteiger partial charge in [0.2, 0.25) is 0 Å². The van der Waals surface area contributed by atoms with Gasteiger partial charge in [-0.25, -0.2) is 0 Å². The minimum atomic E-state index is -0.717. The van der Waals surface area contributed by atoms with Crippen LogP contribution in [0.1, 0.15) is 38.8 Å². The van der Waals surface area contributed by atoms with Gasteiger partial charge in [0.05, 0.1) is 17.7 Å². The predicted molar refractivity (Wildman–Crippen MR) is 118 cm³/mol. The number of Topliss-reactive ketones (excluding diaryl/α,β-unsaturated/α-hetero) is 1. The largest absolute Gasteiger partial charge is 0.503 e. The lowest BCUT2D eigenvalue weighted by atomic mass is 9.94. The topological polar surface area (TPSA) is 70.1 Å². The molecule has 158 valence electrons. The number of hydrogen-bond acceptors (Lipinski definition) is 5. The molecule has 1 aliphatic heterocycles. The van der Waals surface area contributed by atoms with Crippen LogP contribution in [-0.2, 0) is 9.59 Å². The summed E-state index contributed by atoms with van der Waals surface area (Å²) in [5, 5.41) is 10.6. The maximum Gasteiger partial charge on any atom is 0.294 e. The van der Waals surface area contributed by atoms with E-state index in [2.05, 4.69) is 0 Å². The van der Waals surface area contributed by atoms with Gasteiger partial charge in [-0.05, 0) is 55.8 Å². The first-order chi connectivity index (χ1) is 14.2. The van der Waals surface area contributed by atoms with Crippen molar-refractivity contribution in [3.05, 3.63) is 65.4 Å². The zero-order chi connectivity index (χ0) is 22.0. The number of anilines is 2. The molecule has 1 amide bonds. The molecule has 2 aromatic carbocycles. The van der Waals surface area contributed by atoms with Gasteiger partial charge in [-0.2, -0.15) is 0 Å². The third kappa shape index (κ3) is 4.03. The Morgan fingerprint density at radius 1 is 1.17 bits per heavy atom. The van der Waals surface area contributed by atoms with Crippen LogP contribution in [0.25, 0.3) is 0 Å². The van der Waals surface area contributed by atoms with E-state index in [0.717, 1.165) is 5.69 Å². The molecule has 6 heteroatoms. The Bertz CT molecular complexity index is 977. The summed E-state index contributed by atoms with van der Waals surface area (Å²) in [7, 11) is 3.87. The lowest BCUT2D eigenvalue weighted by Crippen LogP contribution is -2.31. The van der Waals surface area contributed by atoms with Crippen molar-refractivity contribution in [3.8, 4) is 5.75 Å². The van der Waals surface area contributed by atoms with E-state index in [0.29, 0.717) is 17.0 Å². The Morgan fingerprint density at radius 3 is 2.40 bits per heavy atom. The van der Waals surface area contributed by atoms with Gasteiger partial charge in [-0.1, -0.05) is 19.1 Å². The van der Waals surface area contributed by atoms with Gasteiger partial charge in [0.15, 0.2) is 11.5 Å². The van der Waals surface area contributed by atoms with E-state index >= 15 is 0 Å². The van der Waals surface area contributed by atoms with Gasteiger partial charge in [0.25, 0.3) is 5.91 Å². The molecule has 1 N–H and O–H groups in total. The molecule has 0 saturated carbocycles. The van der Waals surface area contributed by atoms with Gasteiger partial charge in [0.1, 0.15) is 5.75 Å². The van der Waals surface area contributed by atoms with Crippen LogP contribution in [0.3, 0.4) is 0 Å². The Balaban J connectivity index is 2.12. The molecule has 1 heterocycles. The van der Waals surface area contributed by atoms with Gasteiger partial charge >= 0.3 is 0 Å². The molecule has 2 aromatic rings. The van der Waals surface area contributed by atoms with Crippen molar-refractivity contribution in [2.75, 3.05) is 23.9 Å². The van der Waals surface area contributed by atoms with E-state index < -0.39 is 17.7 Å². The van der Waals surface area contributed by atoms with E-state index in [9.17, 15) is 14.7 Å². The standard InChI is InChI=1S/C24H28N2O4/c1-6-20(27)21-22(16-8-7-9-19(14-16)30-15(2)3)26(24(29)23(21)28)18-12-10-17(11-13-18)25(4)5/h7-15,22,28H,6H2,1-5H3. The van der Waals surface area contributed by atoms with Crippen molar-refractivity contribution in [2.45, 2.75) is 39.3 Å². The van der Waals surface area contributed by atoms with E-state index in [4.69, 9.17) is 4.74 Å². The molecule has 0 spiro atoms. The van der Waals surface area contributed by atoms with Crippen LogP contribution >= 0.6 is 0 Å². The minimum absolute atomic E-state index is 0.0131. The quantitative estimate of drug-likeness (QED) is 0.734. The Labute approximate surface area is 177 Å². The SMILES string of the molecule is CCC(=O)C1=C(O)C(=O)N(c2ccc(N(C)C)cc2)C1c1cccc(OC(C)C)c1. The number of carbonyl (C=O) groups is 2. The van der Waals surface area contributed by atoms with Crippen LogP contribution in [0.2, 0.25) is 0 Å². The molecule has 6 nitrogen and oxygen atoms in total. The Morgan fingerprint density at radius 2 is 1.83 bits per heavy atom. The van der Waals surface area contributed by atoms with Crippen molar-refractivity contribution in [1.29, 1.82) is 0 Å². The fourth-order valence-electron chi connectivity index (χ4n) is 3.60. The van der Waals surface area contributed by atoms with Crippen LogP contribution in [0, 0.1) is 0 Å². The molecule has 0 bridgehead atoms. The van der Waals surface area contributed by atoms with Crippen molar-refractivity contribution in [2.24, 2.45) is 0 Å². The molecular formula is C24H28N2O4. The van der Waals surface area contributed by atoms with Crippen LogP contribution < -0.4 is 14.5 Å². The average Bonchev–Trinajstić information content (AvgIpc) is 2.98. The van der Waals surface area contributed by atoms with Gasteiger partial charge in [0, 0.05) is 31.9 Å². The predicted octanol–water partition coefficient (Wildman–Crippen LogP) is 4.42. The summed E-state index contributed by atoms with van der Waals surface area (Å²) in [6.45, 7) is 5.58. The number of nitrogens with zero attached hydrogens (tertiary/aromatic N) is 2. The van der Waals surface area contributed by atoms with Crippen LogP contribution in [0.5, 0.6) is 5.75 Å². The van der Waals surface area contributed by atoms with E-state index in [1.807, 2.05) is 81.4 Å². The summed E-state index contributed by atoms with van der Waals surface area (Å²) >= 11 is 0. The fraction of sp³-hybridized carbons (Fsp3) is 0.333. The Hall–Kier alpha value is -3.28. The number of ether oxygens (including phenoxy) is 1. The fourth-order valence-corrected chi connectivity index (χ4v) is 3.60. The average molecular weight is 408 g/mol. The number of benzene rings is 2. The second-order valence-corrected chi connectivity index (χ2v) is 7.77. The van der Waals surface area contributed by atoms with Crippen LogP contribution in [0.15, 0.2) is 59.9 Å². The monoisotopic (exact) mass is 408 g/mol. The Kier molecular flexibility index (Phi) is 6.15. The molecule has 1 atom stereocenters. The van der Waals surface area contributed by atoms with E-state index in [-0.39, 0.29) is 23.9 Å². The van der Waals surface area contributed by atoms with Crippen molar-refractivity contribution in [3.63, 3.8) is 0 Å². The first-order valence-electron chi connectivity index (χ1n) is 10.1. The molecule has 3 rings (SSSR count). The van der Waals surface area contributed by atoms with E-state index in [1.54, 1.807) is 6.92 Å². The normalized spacial score (nSPS) is 16.4. The summed E-state index contributed by atoms with van der Waals surface area (Å²) in [5.41, 5.74) is 2.42. The smallest absolute Gasteiger partial charge is 0.294 e.